The second-order valence-electron chi connectivity index (χ2n) is 6.93. The fourth-order valence-electron chi connectivity index (χ4n) is 3.59. The molecule has 7 nitrogen and oxygen atoms in total. The van der Waals surface area contributed by atoms with Crippen LogP contribution in [0.5, 0.6) is 0 Å². The maximum atomic E-state index is 12.9. The lowest BCUT2D eigenvalue weighted by atomic mass is 9.80. The van der Waals surface area contributed by atoms with E-state index >= 15 is 0 Å². The molecule has 1 aliphatic heterocycles. The molecule has 0 unspecified atom stereocenters. The van der Waals surface area contributed by atoms with Gasteiger partial charge in [-0.2, -0.15) is 4.98 Å². The molecule has 1 saturated heterocycles. The van der Waals surface area contributed by atoms with Crippen molar-refractivity contribution < 1.29 is 9.32 Å². The summed E-state index contributed by atoms with van der Waals surface area (Å²) < 4.78 is 5.46. The Kier molecular flexibility index (Phi) is 9.33. The Labute approximate surface area is 178 Å². The van der Waals surface area contributed by atoms with Crippen molar-refractivity contribution in [3.05, 3.63) is 30.3 Å². The molecule has 1 fully saturated rings. The first kappa shape index (κ1) is 24.3. The van der Waals surface area contributed by atoms with E-state index in [0.717, 1.165) is 25.7 Å². The van der Waals surface area contributed by atoms with Crippen molar-refractivity contribution in [3.63, 3.8) is 0 Å². The van der Waals surface area contributed by atoms with Crippen LogP contribution in [-0.4, -0.2) is 45.6 Å². The summed E-state index contributed by atoms with van der Waals surface area (Å²) in [4.78, 5) is 23.6. The molecule has 0 radical (unpaired) electrons. The van der Waals surface area contributed by atoms with Gasteiger partial charge in [0.1, 0.15) is 5.69 Å². The number of nitrogens with two attached hydrogens (primary N) is 1. The molecule has 2 aromatic heterocycles. The number of amides is 1. The summed E-state index contributed by atoms with van der Waals surface area (Å²) >= 11 is 0. The third kappa shape index (κ3) is 4.82. The van der Waals surface area contributed by atoms with Gasteiger partial charge in [-0.3, -0.25) is 9.78 Å². The number of aromatic nitrogens is 3. The highest BCUT2D eigenvalue weighted by molar-refractivity contribution is 5.85. The van der Waals surface area contributed by atoms with Gasteiger partial charge in [0.25, 0.3) is 0 Å². The minimum absolute atomic E-state index is 0. The topological polar surface area (TPSA) is 98.1 Å². The van der Waals surface area contributed by atoms with Gasteiger partial charge in [-0.05, 0) is 37.8 Å². The average molecular weight is 430 g/mol. The minimum Gasteiger partial charge on any atom is -0.342 e. The first-order chi connectivity index (χ1) is 12.6. The van der Waals surface area contributed by atoms with Gasteiger partial charge in [0.05, 0.1) is 5.41 Å². The van der Waals surface area contributed by atoms with E-state index in [0.29, 0.717) is 37.0 Å². The van der Waals surface area contributed by atoms with Crippen LogP contribution >= 0.6 is 24.8 Å². The number of piperidine rings is 1. The molecule has 0 bridgehead atoms. The Balaban J connectivity index is 0.00000196. The normalized spacial score (nSPS) is 14.9. The van der Waals surface area contributed by atoms with Crippen molar-refractivity contribution in [1.82, 2.24) is 20.0 Å². The molecule has 2 aromatic rings. The van der Waals surface area contributed by atoms with Crippen LogP contribution in [0.2, 0.25) is 0 Å². The maximum Gasteiger partial charge on any atom is 0.230 e. The molecule has 1 aliphatic rings. The van der Waals surface area contributed by atoms with Crippen LogP contribution in [0.15, 0.2) is 28.9 Å². The summed E-state index contributed by atoms with van der Waals surface area (Å²) in [5, 5.41) is 4.05. The van der Waals surface area contributed by atoms with E-state index < -0.39 is 5.41 Å². The quantitative estimate of drug-likeness (QED) is 0.754. The Morgan fingerprint density at radius 1 is 1.25 bits per heavy atom. The lowest BCUT2D eigenvalue weighted by molar-refractivity contribution is -0.143. The number of hydrogen-bond acceptors (Lipinski definition) is 6. The predicted molar refractivity (Wildman–Crippen MR) is 113 cm³/mol. The number of pyridine rings is 1. The molecule has 156 valence electrons. The summed E-state index contributed by atoms with van der Waals surface area (Å²) in [5.41, 5.74) is 6.20. The molecule has 28 heavy (non-hydrogen) atoms. The Morgan fingerprint density at radius 3 is 2.46 bits per heavy atom. The summed E-state index contributed by atoms with van der Waals surface area (Å²) in [6.45, 7) is 5.88. The molecule has 0 atom stereocenters. The number of carbonyl (C=O) groups is 1. The van der Waals surface area contributed by atoms with Crippen LogP contribution in [0.3, 0.4) is 0 Å². The summed E-state index contributed by atoms with van der Waals surface area (Å²) in [6.07, 6.45) is 4.90. The highest BCUT2D eigenvalue weighted by Crippen LogP contribution is 2.33. The fraction of sp³-hybridized carbons (Fsp3) is 0.579. The summed E-state index contributed by atoms with van der Waals surface area (Å²) in [5.74, 6) is 1.51. The Bertz CT molecular complexity index is 721. The number of nitrogens with zero attached hydrogens (tertiary/aromatic N) is 4. The van der Waals surface area contributed by atoms with Gasteiger partial charge in [0.15, 0.2) is 0 Å². The largest absolute Gasteiger partial charge is 0.342 e. The second kappa shape index (κ2) is 10.7. The zero-order valence-corrected chi connectivity index (χ0v) is 18.0. The van der Waals surface area contributed by atoms with E-state index in [1.807, 2.05) is 36.9 Å². The zero-order valence-electron chi connectivity index (χ0n) is 16.3. The molecule has 0 spiro atoms. The number of carbonyl (C=O) groups excluding carboxylic acids is 1. The number of halogens is 2. The number of rotatable bonds is 6. The van der Waals surface area contributed by atoms with Crippen molar-refractivity contribution in [2.24, 2.45) is 11.1 Å². The molecule has 0 aliphatic carbocycles. The fourth-order valence-corrected chi connectivity index (χ4v) is 3.59. The average Bonchev–Trinajstić information content (AvgIpc) is 3.21. The third-order valence-electron chi connectivity index (χ3n) is 5.67. The van der Waals surface area contributed by atoms with Crippen molar-refractivity contribution >= 4 is 30.7 Å². The highest BCUT2D eigenvalue weighted by atomic mass is 35.5. The van der Waals surface area contributed by atoms with Gasteiger partial charge in [0, 0.05) is 31.7 Å². The van der Waals surface area contributed by atoms with Crippen LogP contribution < -0.4 is 5.73 Å². The Hall–Kier alpha value is -1.70. The lowest BCUT2D eigenvalue weighted by Gasteiger charge is -2.38. The standard InChI is InChI=1S/C19H27N5O2.2ClH/c1-3-19(4-2,13-20)18(25)24-11-8-14(9-12-24)17-22-16(23-26-17)15-7-5-6-10-21-15;;/h5-7,10,14H,3-4,8-9,11-13,20H2,1-2H3;2*1H. The van der Waals surface area contributed by atoms with E-state index in [1.165, 1.54) is 0 Å². The number of hydrogen-bond donors (Lipinski definition) is 1. The molecular formula is C19H29Cl2N5O2. The van der Waals surface area contributed by atoms with E-state index in [2.05, 4.69) is 15.1 Å². The third-order valence-corrected chi connectivity index (χ3v) is 5.67. The van der Waals surface area contributed by atoms with Crippen LogP contribution in [-0.2, 0) is 4.79 Å². The van der Waals surface area contributed by atoms with Crippen molar-refractivity contribution in [2.45, 2.75) is 45.4 Å². The van der Waals surface area contributed by atoms with Crippen LogP contribution in [0.1, 0.15) is 51.3 Å². The molecule has 0 aromatic carbocycles. The van der Waals surface area contributed by atoms with Crippen LogP contribution in [0.4, 0.5) is 0 Å². The lowest BCUT2D eigenvalue weighted by Crippen LogP contribution is -2.49. The molecule has 0 saturated carbocycles. The summed E-state index contributed by atoms with van der Waals surface area (Å²) in [7, 11) is 0. The van der Waals surface area contributed by atoms with Crippen LogP contribution in [0.25, 0.3) is 11.5 Å². The van der Waals surface area contributed by atoms with E-state index in [4.69, 9.17) is 10.3 Å². The summed E-state index contributed by atoms with van der Waals surface area (Å²) in [6, 6.07) is 5.61. The monoisotopic (exact) mass is 429 g/mol. The van der Waals surface area contributed by atoms with Gasteiger partial charge in [0.2, 0.25) is 17.6 Å². The zero-order chi connectivity index (χ0) is 18.6. The molecule has 3 heterocycles. The van der Waals surface area contributed by atoms with Crippen molar-refractivity contribution in [2.75, 3.05) is 19.6 Å². The maximum absolute atomic E-state index is 12.9. The molecule has 9 heteroatoms. The minimum atomic E-state index is -0.427. The predicted octanol–water partition coefficient (Wildman–Crippen LogP) is 3.45. The van der Waals surface area contributed by atoms with E-state index in [9.17, 15) is 4.79 Å². The van der Waals surface area contributed by atoms with Gasteiger partial charge >= 0.3 is 0 Å². The highest BCUT2D eigenvalue weighted by Gasteiger charge is 2.38. The van der Waals surface area contributed by atoms with Gasteiger partial charge < -0.3 is 15.2 Å². The molecule has 3 rings (SSSR count). The van der Waals surface area contributed by atoms with Crippen LogP contribution in [0, 0.1) is 5.41 Å². The first-order valence-electron chi connectivity index (χ1n) is 9.38. The van der Waals surface area contributed by atoms with E-state index in [-0.39, 0.29) is 36.6 Å². The second-order valence-corrected chi connectivity index (χ2v) is 6.93. The smallest absolute Gasteiger partial charge is 0.230 e. The van der Waals surface area contributed by atoms with Gasteiger partial charge in [-0.25, -0.2) is 0 Å². The van der Waals surface area contributed by atoms with E-state index in [1.54, 1.807) is 6.20 Å². The Morgan fingerprint density at radius 2 is 1.93 bits per heavy atom. The SMILES string of the molecule is CCC(CC)(CN)C(=O)N1CCC(c2nc(-c3ccccn3)no2)CC1.Cl.Cl. The van der Waals surface area contributed by atoms with Gasteiger partial charge in [-0.1, -0.05) is 25.1 Å². The molecule has 2 N–H and O–H groups in total. The molecule has 1 amide bonds. The molecular weight excluding hydrogens is 401 g/mol. The first-order valence-corrected chi connectivity index (χ1v) is 9.38. The van der Waals surface area contributed by atoms with Gasteiger partial charge in [-0.15, -0.1) is 24.8 Å². The van der Waals surface area contributed by atoms with Crippen molar-refractivity contribution in [1.29, 1.82) is 0 Å². The van der Waals surface area contributed by atoms with Crippen molar-refractivity contribution in [3.8, 4) is 11.5 Å². The number of likely N-dealkylation sites (tertiary alicyclic amines) is 1.